The molecule has 0 saturated carbocycles. The number of ether oxygens (including phenoxy) is 1. The Hall–Kier alpha value is -2.07. The van der Waals surface area contributed by atoms with Crippen LogP contribution in [0.2, 0.25) is 0 Å². The van der Waals surface area contributed by atoms with Gasteiger partial charge in [-0.2, -0.15) is 9.94 Å². The van der Waals surface area contributed by atoms with E-state index >= 15 is 0 Å². The maximum atomic E-state index is 8.48. The minimum absolute atomic E-state index is 0.601. The molecule has 0 saturated heterocycles. The average Bonchev–Trinajstić information content (AvgIpc) is 2.95. The molecular weight excluding hydrogens is 274 g/mol. The number of nitrogens with zero attached hydrogens (tertiary/aromatic N) is 5. The molecule has 0 fully saturated rings. The Morgan fingerprint density at radius 1 is 1.30 bits per heavy atom. The van der Waals surface area contributed by atoms with Crippen molar-refractivity contribution in [1.82, 2.24) is 20.2 Å². The van der Waals surface area contributed by atoms with Gasteiger partial charge in [0.2, 0.25) is 5.16 Å². The van der Waals surface area contributed by atoms with Gasteiger partial charge in [0.25, 0.3) is 0 Å². The van der Waals surface area contributed by atoms with Crippen molar-refractivity contribution in [2.24, 2.45) is 0 Å². The highest BCUT2D eigenvalue weighted by atomic mass is 32.2. The lowest BCUT2D eigenvalue weighted by atomic mass is 10.3. The van der Waals surface area contributed by atoms with Crippen LogP contribution in [-0.2, 0) is 0 Å². The van der Waals surface area contributed by atoms with Crippen LogP contribution >= 0.6 is 11.8 Å². The first-order valence-corrected chi connectivity index (χ1v) is 7.26. The number of unbranched alkanes of at least 4 members (excludes halogenated alkanes) is 2. The molecule has 2 rings (SSSR count). The van der Waals surface area contributed by atoms with Crippen LogP contribution in [0.5, 0.6) is 5.75 Å². The molecule has 6 nitrogen and oxygen atoms in total. The predicted molar refractivity (Wildman–Crippen MR) is 75.9 cm³/mol. The van der Waals surface area contributed by atoms with Crippen molar-refractivity contribution in [3.8, 4) is 17.5 Å². The van der Waals surface area contributed by atoms with Crippen LogP contribution in [0.4, 0.5) is 0 Å². The van der Waals surface area contributed by atoms with E-state index in [1.807, 2.05) is 24.3 Å². The van der Waals surface area contributed by atoms with Gasteiger partial charge in [-0.25, -0.2) is 0 Å². The lowest BCUT2D eigenvalue weighted by Crippen LogP contribution is -1.99. The number of methoxy groups -OCH3 is 1. The SMILES string of the molecule is COc1ccc(-n2nnnc2SCCCCC#N)cc1. The third kappa shape index (κ3) is 3.71. The zero-order valence-corrected chi connectivity index (χ0v) is 12.0. The Bertz CT molecular complexity index is 575. The van der Waals surface area contributed by atoms with Crippen LogP contribution in [-0.4, -0.2) is 33.1 Å². The zero-order valence-electron chi connectivity index (χ0n) is 11.2. The van der Waals surface area contributed by atoms with Crippen molar-refractivity contribution in [3.63, 3.8) is 0 Å². The molecule has 0 unspecified atom stereocenters. The molecule has 104 valence electrons. The Morgan fingerprint density at radius 3 is 2.80 bits per heavy atom. The fourth-order valence-electron chi connectivity index (χ4n) is 1.62. The monoisotopic (exact) mass is 289 g/mol. The average molecular weight is 289 g/mol. The quantitative estimate of drug-likeness (QED) is 0.575. The van der Waals surface area contributed by atoms with Gasteiger partial charge in [-0.3, -0.25) is 0 Å². The summed E-state index contributed by atoms with van der Waals surface area (Å²) >= 11 is 1.60. The summed E-state index contributed by atoms with van der Waals surface area (Å²) in [5, 5.41) is 21.0. The van der Waals surface area contributed by atoms with Crippen molar-refractivity contribution in [2.45, 2.75) is 24.4 Å². The second kappa shape index (κ2) is 7.50. The van der Waals surface area contributed by atoms with Crippen LogP contribution in [0, 0.1) is 11.3 Å². The number of nitriles is 1. The van der Waals surface area contributed by atoms with E-state index in [-0.39, 0.29) is 0 Å². The van der Waals surface area contributed by atoms with E-state index in [4.69, 9.17) is 10.00 Å². The van der Waals surface area contributed by atoms with Crippen molar-refractivity contribution in [2.75, 3.05) is 12.9 Å². The normalized spacial score (nSPS) is 10.2. The fraction of sp³-hybridized carbons (Fsp3) is 0.385. The first-order chi connectivity index (χ1) is 9.85. The summed E-state index contributed by atoms with van der Waals surface area (Å²) in [5.41, 5.74) is 0.898. The Labute approximate surface area is 121 Å². The van der Waals surface area contributed by atoms with Crippen molar-refractivity contribution in [3.05, 3.63) is 24.3 Å². The molecule has 0 radical (unpaired) electrons. The summed E-state index contributed by atoms with van der Waals surface area (Å²) < 4.78 is 6.83. The number of thioether (sulfide) groups is 1. The summed E-state index contributed by atoms with van der Waals surface area (Å²) in [6.07, 6.45) is 2.49. The number of aromatic nitrogens is 4. The molecule has 0 N–H and O–H groups in total. The van der Waals surface area contributed by atoms with Gasteiger partial charge in [0, 0.05) is 12.2 Å². The maximum absolute atomic E-state index is 8.48. The highest BCUT2D eigenvalue weighted by Gasteiger charge is 2.08. The predicted octanol–water partition coefficient (Wildman–Crippen LogP) is 2.46. The van der Waals surface area contributed by atoms with E-state index in [9.17, 15) is 0 Å². The number of tetrazole rings is 1. The molecule has 0 spiro atoms. The topological polar surface area (TPSA) is 76.6 Å². The Kier molecular flexibility index (Phi) is 5.38. The highest BCUT2D eigenvalue weighted by Crippen LogP contribution is 2.21. The van der Waals surface area contributed by atoms with Crippen LogP contribution in [0.3, 0.4) is 0 Å². The molecule has 20 heavy (non-hydrogen) atoms. The molecule has 0 amide bonds. The van der Waals surface area contributed by atoms with E-state index in [0.717, 1.165) is 35.2 Å². The smallest absolute Gasteiger partial charge is 0.214 e. The largest absolute Gasteiger partial charge is 0.497 e. The molecule has 0 atom stereocenters. The van der Waals surface area contributed by atoms with Crippen molar-refractivity contribution in [1.29, 1.82) is 5.26 Å². The zero-order chi connectivity index (χ0) is 14.2. The Balaban J connectivity index is 1.98. The summed E-state index contributed by atoms with van der Waals surface area (Å²) in [5.74, 6) is 1.70. The number of benzene rings is 1. The molecule has 0 aliphatic carbocycles. The minimum Gasteiger partial charge on any atom is -0.497 e. The molecule has 7 heteroatoms. The number of hydrogen-bond acceptors (Lipinski definition) is 6. The lowest BCUT2D eigenvalue weighted by molar-refractivity contribution is 0.414. The maximum Gasteiger partial charge on any atom is 0.214 e. The van der Waals surface area contributed by atoms with Crippen LogP contribution < -0.4 is 4.74 Å². The number of hydrogen-bond donors (Lipinski definition) is 0. The van der Waals surface area contributed by atoms with Gasteiger partial charge in [0.05, 0.1) is 18.9 Å². The second-order valence-corrected chi connectivity index (χ2v) is 5.10. The number of rotatable bonds is 7. The third-order valence-corrected chi connectivity index (χ3v) is 3.68. The highest BCUT2D eigenvalue weighted by molar-refractivity contribution is 7.99. The standard InChI is InChI=1S/C13H15N5OS/c1-19-12-7-5-11(6-8-12)18-13(15-16-17-18)20-10-4-2-3-9-14/h5-8H,2-4,10H2,1H3. The first kappa shape index (κ1) is 14.3. The Morgan fingerprint density at radius 2 is 2.10 bits per heavy atom. The minimum atomic E-state index is 0.601. The third-order valence-electron chi connectivity index (χ3n) is 2.67. The van der Waals surface area contributed by atoms with Gasteiger partial charge in [-0.1, -0.05) is 11.8 Å². The van der Waals surface area contributed by atoms with Gasteiger partial charge in [0.15, 0.2) is 0 Å². The van der Waals surface area contributed by atoms with E-state index < -0.39 is 0 Å². The van der Waals surface area contributed by atoms with Crippen LogP contribution in [0.25, 0.3) is 5.69 Å². The van der Waals surface area contributed by atoms with E-state index in [0.29, 0.717) is 6.42 Å². The molecule has 0 bridgehead atoms. The van der Waals surface area contributed by atoms with E-state index in [1.54, 1.807) is 23.6 Å². The van der Waals surface area contributed by atoms with Gasteiger partial charge < -0.3 is 4.74 Å². The molecule has 0 aliphatic rings. The molecule has 2 aromatic rings. The summed E-state index contributed by atoms with van der Waals surface area (Å²) in [7, 11) is 1.63. The van der Waals surface area contributed by atoms with Gasteiger partial charge >= 0.3 is 0 Å². The van der Waals surface area contributed by atoms with Gasteiger partial charge in [0.1, 0.15) is 5.75 Å². The first-order valence-electron chi connectivity index (χ1n) is 6.27. The second-order valence-electron chi connectivity index (χ2n) is 4.03. The summed E-state index contributed by atoms with van der Waals surface area (Å²) in [4.78, 5) is 0. The fourth-order valence-corrected chi connectivity index (χ4v) is 2.51. The molecule has 1 heterocycles. The molecule has 0 aliphatic heterocycles. The lowest BCUT2D eigenvalue weighted by Gasteiger charge is -2.05. The van der Waals surface area contributed by atoms with Gasteiger partial charge in [-0.15, -0.1) is 5.10 Å². The summed E-state index contributed by atoms with van der Waals surface area (Å²) in [6.45, 7) is 0. The molecule has 1 aromatic heterocycles. The van der Waals surface area contributed by atoms with E-state index in [2.05, 4.69) is 21.6 Å². The van der Waals surface area contributed by atoms with Crippen molar-refractivity contribution >= 4 is 11.8 Å². The van der Waals surface area contributed by atoms with Crippen LogP contribution in [0.1, 0.15) is 19.3 Å². The summed E-state index contributed by atoms with van der Waals surface area (Å²) in [6, 6.07) is 9.71. The van der Waals surface area contributed by atoms with Gasteiger partial charge in [-0.05, 0) is 47.5 Å². The van der Waals surface area contributed by atoms with Crippen LogP contribution in [0.15, 0.2) is 29.4 Å². The van der Waals surface area contributed by atoms with E-state index in [1.165, 1.54) is 0 Å². The van der Waals surface area contributed by atoms with Crippen molar-refractivity contribution < 1.29 is 4.74 Å². The molecule has 1 aromatic carbocycles. The molecular formula is C13H15N5OS.